The minimum absolute atomic E-state index is 0.0211. The molecule has 0 radical (unpaired) electrons. The average Bonchev–Trinajstić information content (AvgIpc) is 3.13. The van der Waals surface area contributed by atoms with Crippen molar-refractivity contribution in [2.45, 2.75) is 25.2 Å². The van der Waals surface area contributed by atoms with Crippen LogP contribution < -0.4 is 10.6 Å². The summed E-state index contributed by atoms with van der Waals surface area (Å²) >= 11 is 0. The Morgan fingerprint density at radius 3 is 2.62 bits per heavy atom. The Morgan fingerprint density at radius 1 is 1.31 bits per heavy atom. The number of nitrogens with two attached hydrogens (primary N) is 1. The molecular formula is C20H18N6O3. The molecule has 0 fully saturated rings. The molecule has 2 N–H and O–H groups in total. The lowest BCUT2D eigenvalue weighted by Crippen LogP contribution is -2.38. The van der Waals surface area contributed by atoms with Gasteiger partial charge in [-0.05, 0) is 25.0 Å². The number of hydrogen-bond donors (Lipinski definition) is 1. The third-order valence-electron chi connectivity index (χ3n) is 5.29. The molecule has 146 valence electrons. The second-order valence-corrected chi connectivity index (χ2v) is 7.04. The predicted molar refractivity (Wildman–Crippen MR) is 104 cm³/mol. The second-order valence-electron chi connectivity index (χ2n) is 7.04. The van der Waals surface area contributed by atoms with Crippen molar-refractivity contribution in [2.75, 3.05) is 4.90 Å². The number of hydrogen-bond acceptors (Lipinski definition) is 7. The number of allylic oxidation sites excluding steroid dienone is 3. The molecule has 0 spiro atoms. The number of nitrogens with zero attached hydrogens (tertiary/aromatic N) is 5. The molecule has 2 aliphatic rings. The molecule has 0 amide bonds. The number of nitro groups is 1. The zero-order chi connectivity index (χ0) is 20.7. The molecule has 1 aromatic carbocycles. The molecule has 1 aliphatic heterocycles. The summed E-state index contributed by atoms with van der Waals surface area (Å²) < 4.78 is 1.62. The summed E-state index contributed by atoms with van der Waals surface area (Å²) in [5, 5.41) is 25.1. The molecule has 1 atom stereocenters. The van der Waals surface area contributed by atoms with E-state index in [2.05, 4.69) is 11.2 Å². The van der Waals surface area contributed by atoms with E-state index in [4.69, 9.17) is 5.73 Å². The highest BCUT2D eigenvalue weighted by Gasteiger charge is 2.40. The van der Waals surface area contributed by atoms with Crippen molar-refractivity contribution in [1.82, 2.24) is 9.78 Å². The van der Waals surface area contributed by atoms with E-state index in [1.165, 1.54) is 12.1 Å². The van der Waals surface area contributed by atoms with E-state index >= 15 is 0 Å². The van der Waals surface area contributed by atoms with Gasteiger partial charge in [-0.1, -0.05) is 0 Å². The number of rotatable bonds is 3. The van der Waals surface area contributed by atoms with Crippen molar-refractivity contribution in [2.24, 2.45) is 12.8 Å². The van der Waals surface area contributed by atoms with Crippen LogP contribution in [0.4, 0.5) is 11.4 Å². The minimum atomic E-state index is -0.564. The van der Waals surface area contributed by atoms with E-state index in [0.717, 1.165) is 11.3 Å². The SMILES string of the molecule is Cn1cc([C@@H]2C(C#N)=C(N)N(c3ccc([N+](=O)[O-])cc3)C3=C2C(=O)CCC3)cn1. The van der Waals surface area contributed by atoms with Gasteiger partial charge in [-0.25, -0.2) is 0 Å². The van der Waals surface area contributed by atoms with Crippen LogP contribution in [0.25, 0.3) is 0 Å². The van der Waals surface area contributed by atoms with Gasteiger partial charge in [0.2, 0.25) is 0 Å². The van der Waals surface area contributed by atoms with Crippen LogP contribution in [0.15, 0.2) is 59.3 Å². The molecule has 0 unspecified atom stereocenters. The summed E-state index contributed by atoms with van der Waals surface area (Å²) in [6, 6.07) is 8.09. The van der Waals surface area contributed by atoms with Crippen molar-refractivity contribution in [3.63, 3.8) is 0 Å². The van der Waals surface area contributed by atoms with Gasteiger partial charge in [0.15, 0.2) is 5.78 Å². The van der Waals surface area contributed by atoms with Gasteiger partial charge in [0, 0.05) is 54.3 Å². The van der Waals surface area contributed by atoms with Gasteiger partial charge in [0.05, 0.1) is 28.7 Å². The van der Waals surface area contributed by atoms with Crippen LogP contribution in [0.2, 0.25) is 0 Å². The minimum Gasteiger partial charge on any atom is -0.384 e. The van der Waals surface area contributed by atoms with Gasteiger partial charge in [-0.2, -0.15) is 10.4 Å². The van der Waals surface area contributed by atoms with E-state index in [1.54, 1.807) is 41.2 Å². The lowest BCUT2D eigenvalue weighted by atomic mass is 9.76. The Labute approximate surface area is 166 Å². The first-order valence-corrected chi connectivity index (χ1v) is 9.11. The zero-order valence-corrected chi connectivity index (χ0v) is 15.7. The maximum atomic E-state index is 12.9. The quantitative estimate of drug-likeness (QED) is 0.629. The molecule has 0 saturated heterocycles. The number of Topliss-reactive ketones (excluding diaryl/α,β-unsaturated/α-hetero) is 1. The summed E-state index contributed by atoms with van der Waals surface area (Å²) in [6.45, 7) is 0. The molecule has 2 aromatic rings. The fourth-order valence-corrected chi connectivity index (χ4v) is 4.03. The van der Waals surface area contributed by atoms with E-state index in [1.807, 2.05) is 0 Å². The van der Waals surface area contributed by atoms with Crippen LogP contribution >= 0.6 is 0 Å². The summed E-state index contributed by atoms with van der Waals surface area (Å²) in [7, 11) is 1.77. The molecule has 9 nitrogen and oxygen atoms in total. The smallest absolute Gasteiger partial charge is 0.269 e. The Hall–Kier alpha value is -3.93. The number of aryl methyl sites for hydroxylation is 1. The standard InChI is InChI=1S/C20H18N6O3/c1-24-11-12(10-23-24)18-15(9-21)20(22)25(16-3-2-4-17(27)19(16)18)13-5-7-14(8-6-13)26(28)29/h5-8,10-11,18H,2-4,22H2,1H3/t18-/m1/s1. The maximum Gasteiger partial charge on any atom is 0.269 e. The number of carbonyl (C=O) groups excluding carboxylic acids is 1. The maximum absolute atomic E-state index is 12.9. The summed E-state index contributed by atoms with van der Waals surface area (Å²) in [6.07, 6.45) is 5.12. The number of ketones is 1. The lowest BCUT2D eigenvalue weighted by molar-refractivity contribution is -0.384. The van der Waals surface area contributed by atoms with Crippen LogP contribution in [0, 0.1) is 21.4 Å². The number of aromatic nitrogens is 2. The molecule has 1 aromatic heterocycles. The Bertz CT molecular complexity index is 1120. The third kappa shape index (κ3) is 2.95. The highest BCUT2D eigenvalue weighted by Crippen LogP contribution is 2.46. The van der Waals surface area contributed by atoms with Gasteiger partial charge in [0.1, 0.15) is 5.82 Å². The molecule has 0 bridgehead atoms. The topological polar surface area (TPSA) is 131 Å². The van der Waals surface area contributed by atoms with Gasteiger partial charge in [0.25, 0.3) is 5.69 Å². The highest BCUT2D eigenvalue weighted by atomic mass is 16.6. The lowest BCUT2D eigenvalue weighted by Gasteiger charge is -2.39. The van der Waals surface area contributed by atoms with Crippen LogP contribution in [0.1, 0.15) is 30.7 Å². The number of benzene rings is 1. The molecule has 29 heavy (non-hydrogen) atoms. The van der Waals surface area contributed by atoms with Crippen LogP contribution in [0.5, 0.6) is 0 Å². The third-order valence-corrected chi connectivity index (χ3v) is 5.29. The van der Waals surface area contributed by atoms with Crippen molar-refractivity contribution >= 4 is 17.2 Å². The predicted octanol–water partition coefficient (Wildman–Crippen LogP) is 2.63. The van der Waals surface area contributed by atoms with E-state index in [9.17, 15) is 20.2 Å². The van der Waals surface area contributed by atoms with Crippen molar-refractivity contribution < 1.29 is 9.72 Å². The fraction of sp³-hybridized carbons (Fsp3) is 0.250. The highest BCUT2D eigenvalue weighted by molar-refractivity contribution is 6.01. The zero-order valence-electron chi connectivity index (χ0n) is 15.7. The number of carbonyl (C=O) groups is 1. The molecule has 1 aliphatic carbocycles. The Morgan fingerprint density at radius 2 is 2.03 bits per heavy atom. The Kier molecular flexibility index (Phi) is 4.39. The first kappa shape index (κ1) is 18.4. The first-order chi connectivity index (χ1) is 13.9. The summed E-state index contributed by atoms with van der Waals surface area (Å²) in [5.41, 5.74) is 9.25. The number of anilines is 1. The van der Waals surface area contributed by atoms with Gasteiger partial charge in [-0.15, -0.1) is 0 Å². The monoisotopic (exact) mass is 390 g/mol. The summed E-state index contributed by atoms with van der Waals surface area (Å²) in [5.74, 6) is -0.360. The number of nitriles is 1. The molecule has 9 heteroatoms. The van der Waals surface area contributed by atoms with E-state index < -0.39 is 10.8 Å². The molecular weight excluding hydrogens is 372 g/mol. The van der Waals surface area contributed by atoms with Gasteiger partial charge in [-0.3, -0.25) is 24.5 Å². The van der Waals surface area contributed by atoms with E-state index in [-0.39, 0.29) is 22.9 Å². The largest absolute Gasteiger partial charge is 0.384 e. The molecule has 4 rings (SSSR count). The van der Waals surface area contributed by atoms with E-state index in [0.29, 0.717) is 30.5 Å². The van der Waals surface area contributed by atoms with Crippen LogP contribution in [0.3, 0.4) is 0 Å². The second kappa shape index (κ2) is 6.91. The Balaban J connectivity index is 1.92. The first-order valence-electron chi connectivity index (χ1n) is 9.11. The van der Waals surface area contributed by atoms with Crippen molar-refractivity contribution in [1.29, 1.82) is 5.26 Å². The molecule has 0 saturated carbocycles. The van der Waals surface area contributed by atoms with Crippen LogP contribution in [-0.2, 0) is 11.8 Å². The molecule has 2 heterocycles. The average molecular weight is 390 g/mol. The fourth-order valence-electron chi connectivity index (χ4n) is 4.03. The number of nitro benzene ring substituents is 1. The van der Waals surface area contributed by atoms with Gasteiger partial charge < -0.3 is 5.73 Å². The van der Waals surface area contributed by atoms with Crippen LogP contribution in [-0.4, -0.2) is 20.5 Å². The van der Waals surface area contributed by atoms with Crippen molar-refractivity contribution in [3.05, 3.63) is 75.0 Å². The number of non-ortho nitro benzene ring substituents is 1. The summed E-state index contributed by atoms with van der Waals surface area (Å²) in [4.78, 5) is 25.1. The van der Waals surface area contributed by atoms with Gasteiger partial charge >= 0.3 is 0 Å². The van der Waals surface area contributed by atoms with Crippen molar-refractivity contribution in [3.8, 4) is 6.07 Å². The normalized spacial score (nSPS) is 19.2.